The highest BCUT2D eigenvalue weighted by Gasteiger charge is 2.36. The van der Waals surface area contributed by atoms with E-state index >= 15 is 0 Å². The SMILES string of the molecule is CCNC(=NCc1nncn1CC)N1CC(C)C(C(=O)OC)C1.I. The van der Waals surface area contributed by atoms with Crippen molar-refractivity contribution in [3.8, 4) is 0 Å². The summed E-state index contributed by atoms with van der Waals surface area (Å²) < 4.78 is 6.86. The second-order valence-electron chi connectivity index (χ2n) is 5.72. The number of esters is 1. The van der Waals surface area contributed by atoms with Crippen LogP contribution in [0.5, 0.6) is 0 Å². The monoisotopic (exact) mass is 450 g/mol. The number of carbonyl (C=O) groups excluding carboxylic acids is 1. The van der Waals surface area contributed by atoms with Crippen molar-refractivity contribution in [3.63, 3.8) is 0 Å². The van der Waals surface area contributed by atoms with Crippen molar-refractivity contribution >= 4 is 35.9 Å². The van der Waals surface area contributed by atoms with Crippen molar-refractivity contribution in [2.24, 2.45) is 16.8 Å². The smallest absolute Gasteiger partial charge is 0.310 e. The van der Waals surface area contributed by atoms with Gasteiger partial charge in [0, 0.05) is 26.2 Å². The molecule has 1 fully saturated rings. The van der Waals surface area contributed by atoms with Crippen LogP contribution in [-0.2, 0) is 22.6 Å². The van der Waals surface area contributed by atoms with Gasteiger partial charge in [-0.1, -0.05) is 6.92 Å². The summed E-state index contributed by atoms with van der Waals surface area (Å²) in [7, 11) is 1.44. The maximum Gasteiger partial charge on any atom is 0.310 e. The van der Waals surface area contributed by atoms with Gasteiger partial charge in [0.25, 0.3) is 0 Å². The molecule has 0 bridgehead atoms. The molecule has 1 aliphatic heterocycles. The molecule has 2 atom stereocenters. The fourth-order valence-electron chi connectivity index (χ4n) is 2.83. The normalized spacial score (nSPS) is 20.7. The molecule has 1 saturated heterocycles. The number of hydrogen-bond acceptors (Lipinski definition) is 5. The highest BCUT2D eigenvalue weighted by atomic mass is 127. The molecular formula is C15H27IN6O2. The van der Waals surface area contributed by atoms with Crippen molar-refractivity contribution in [2.75, 3.05) is 26.7 Å². The van der Waals surface area contributed by atoms with Crippen molar-refractivity contribution in [2.45, 2.75) is 33.9 Å². The van der Waals surface area contributed by atoms with Gasteiger partial charge in [-0.3, -0.25) is 4.79 Å². The molecular weight excluding hydrogens is 423 g/mol. The molecule has 1 aromatic rings. The van der Waals surface area contributed by atoms with E-state index in [0.717, 1.165) is 31.4 Å². The first-order chi connectivity index (χ1) is 11.1. The Kier molecular flexibility index (Phi) is 8.43. The molecule has 136 valence electrons. The minimum Gasteiger partial charge on any atom is -0.469 e. The fourth-order valence-corrected chi connectivity index (χ4v) is 2.83. The van der Waals surface area contributed by atoms with E-state index in [9.17, 15) is 4.79 Å². The molecule has 2 unspecified atom stereocenters. The Bertz CT molecular complexity index is 562. The molecule has 1 aromatic heterocycles. The molecule has 24 heavy (non-hydrogen) atoms. The molecule has 2 heterocycles. The number of aromatic nitrogens is 3. The molecule has 0 radical (unpaired) electrons. The number of ether oxygens (including phenoxy) is 1. The zero-order chi connectivity index (χ0) is 16.8. The number of rotatable bonds is 5. The minimum absolute atomic E-state index is 0. The van der Waals surface area contributed by atoms with Gasteiger partial charge in [-0.25, -0.2) is 4.99 Å². The van der Waals surface area contributed by atoms with E-state index in [-0.39, 0.29) is 41.8 Å². The summed E-state index contributed by atoms with van der Waals surface area (Å²) in [4.78, 5) is 18.6. The number of aryl methyl sites for hydroxylation is 1. The van der Waals surface area contributed by atoms with Crippen LogP contribution >= 0.6 is 24.0 Å². The molecule has 0 amide bonds. The molecule has 0 aliphatic carbocycles. The van der Waals surface area contributed by atoms with Crippen LogP contribution in [-0.4, -0.2) is 58.3 Å². The largest absolute Gasteiger partial charge is 0.469 e. The van der Waals surface area contributed by atoms with Gasteiger partial charge in [0.05, 0.1) is 13.0 Å². The third-order valence-corrected chi connectivity index (χ3v) is 4.16. The number of guanidine groups is 1. The van der Waals surface area contributed by atoms with Gasteiger partial charge in [0.15, 0.2) is 11.8 Å². The van der Waals surface area contributed by atoms with Gasteiger partial charge in [-0.15, -0.1) is 34.2 Å². The van der Waals surface area contributed by atoms with Gasteiger partial charge in [0.2, 0.25) is 0 Å². The zero-order valence-electron chi connectivity index (χ0n) is 14.7. The third kappa shape index (κ3) is 4.81. The summed E-state index contributed by atoms with van der Waals surface area (Å²) in [6.45, 7) is 9.61. The second-order valence-corrected chi connectivity index (χ2v) is 5.72. The highest BCUT2D eigenvalue weighted by Crippen LogP contribution is 2.24. The Morgan fingerprint density at radius 3 is 2.83 bits per heavy atom. The van der Waals surface area contributed by atoms with Crippen LogP contribution in [0, 0.1) is 11.8 Å². The summed E-state index contributed by atoms with van der Waals surface area (Å²) in [5.74, 6) is 1.62. The van der Waals surface area contributed by atoms with Gasteiger partial charge in [0.1, 0.15) is 12.9 Å². The van der Waals surface area contributed by atoms with Crippen LogP contribution in [0.3, 0.4) is 0 Å². The fraction of sp³-hybridized carbons (Fsp3) is 0.733. The molecule has 0 saturated carbocycles. The van der Waals surface area contributed by atoms with Gasteiger partial charge < -0.3 is 19.5 Å². The molecule has 0 spiro atoms. The quantitative estimate of drug-likeness (QED) is 0.313. The first-order valence-electron chi connectivity index (χ1n) is 8.08. The van der Waals surface area contributed by atoms with E-state index in [4.69, 9.17) is 4.74 Å². The molecule has 0 aromatic carbocycles. The van der Waals surface area contributed by atoms with E-state index in [1.165, 1.54) is 7.11 Å². The van der Waals surface area contributed by atoms with Crippen molar-refractivity contribution < 1.29 is 9.53 Å². The molecule has 8 nitrogen and oxygen atoms in total. The number of aliphatic imine (C=N–C) groups is 1. The maximum absolute atomic E-state index is 11.8. The van der Waals surface area contributed by atoms with E-state index < -0.39 is 0 Å². The van der Waals surface area contributed by atoms with Gasteiger partial charge in [-0.05, 0) is 19.8 Å². The standard InChI is InChI=1S/C15H26N6O2.HI/c1-5-16-15(17-7-13-19-18-10-20(13)6-2)21-8-11(3)12(9-21)14(22)23-4;/h10-12H,5-9H2,1-4H3,(H,16,17);1H. The predicted octanol–water partition coefficient (Wildman–Crippen LogP) is 1.12. The maximum atomic E-state index is 11.8. The first-order valence-corrected chi connectivity index (χ1v) is 8.08. The highest BCUT2D eigenvalue weighted by molar-refractivity contribution is 14.0. The van der Waals surface area contributed by atoms with E-state index in [1.54, 1.807) is 6.33 Å². The number of carbonyl (C=O) groups is 1. The minimum atomic E-state index is -0.151. The van der Waals surface area contributed by atoms with Crippen LogP contribution in [0.2, 0.25) is 0 Å². The molecule has 2 rings (SSSR count). The Morgan fingerprint density at radius 1 is 1.46 bits per heavy atom. The number of nitrogens with one attached hydrogen (secondary N) is 1. The lowest BCUT2D eigenvalue weighted by molar-refractivity contribution is -0.145. The van der Waals surface area contributed by atoms with Crippen LogP contribution in [0.4, 0.5) is 0 Å². The topological polar surface area (TPSA) is 84.6 Å². The van der Waals surface area contributed by atoms with E-state index in [2.05, 4.69) is 32.3 Å². The number of nitrogens with zero attached hydrogens (tertiary/aromatic N) is 5. The lowest BCUT2D eigenvalue weighted by Gasteiger charge is -2.21. The van der Waals surface area contributed by atoms with Crippen LogP contribution in [0.1, 0.15) is 26.6 Å². The van der Waals surface area contributed by atoms with Crippen molar-refractivity contribution in [1.29, 1.82) is 0 Å². The lowest BCUT2D eigenvalue weighted by atomic mass is 9.99. The number of likely N-dealkylation sites (tertiary alicyclic amines) is 1. The Labute approximate surface area is 160 Å². The van der Waals surface area contributed by atoms with Crippen LogP contribution < -0.4 is 5.32 Å². The zero-order valence-corrected chi connectivity index (χ0v) is 17.1. The van der Waals surface area contributed by atoms with E-state index in [0.29, 0.717) is 13.1 Å². The molecule has 1 aliphatic rings. The Balaban J connectivity index is 0.00000288. The third-order valence-electron chi connectivity index (χ3n) is 4.16. The van der Waals surface area contributed by atoms with Crippen molar-refractivity contribution in [1.82, 2.24) is 25.0 Å². The average Bonchev–Trinajstić information content (AvgIpc) is 3.16. The Hall–Kier alpha value is -1.39. The summed E-state index contributed by atoms with van der Waals surface area (Å²) >= 11 is 0. The second kappa shape index (κ2) is 9.80. The van der Waals surface area contributed by atoms with E-state index in [1.807, 2.05) is 18.4 Å². The number of methoxy groups -OCH3 is 1. The summed E-state index contributed by atoms with van der Waals surface area (Å²) in [5, 5.41) is 11.3. The predicted molar refractivity (Wildman–Crippen MR) is 102 cm³/mol. The van der Waals surface area contributed by atoms with Crippen molar-refractivity contribution in [3.05, 3.63) is 12.2 Å². The van der Waals surface area contributed by atoms with Crippen LogP contribution in [0.25, 0.3) is 0 Å². The molecule has 1 N–H and O–H groups in total. The molecule has 9 heteroatoms. The summed E-state index contributed by atoms with van der Waals surface area (Å²) in [6.07, 6.45) is 1.71. The van der Waals surface area contributed by atoms with Crippen LogP contribution in [0.15, 0.2) is 11.3 Å². The summed E-state index contributed by atoms with van der Waals surface area (Å²) in [6, 6.07) is 0. The number of hydrogen-bond donors (Lipinski definition) is 1. The number of halogens is 1. The first kappa shape index (κ1) is 20.7. The van der Waals surface area contributed by atoms with Gasteiger partial charge >= 0.3 is 5.97 Å². The lowest BCUT2D eigenvalue weighted by Crippen LogP contribution is -2.40. The summed E-state index contributed by atoms with van der Waals surface area (Å²) in [5.41, 5.74) is 0. The van der Waals surface area contributed by atoms with Gasteiger partial charge in [-0.2, -0.15) is 0 Å². The Morgan fingerprint density at radius 2 is 2.21 bits per heavy atom. The average molecular weight is 450 g/mol.